The average molecular weight is 286 g/mol. The summed E-state index contributed by atoms with van der Waals surface area (Å²) in [5, 5.41) is 11.8. The van der Waals surface area contributed by atoms with Crippen LogP contribution in [0, 0.1) is 0 Å². The van der Waals surface area contributed by atoms with E-state index in [2.05, 4.69) is 5.32 Å². The van der Waals surface area contributed by atoms with Gasteiger partial charge in [-0.05, 0) is 38.5 Å². The third-order valence-corrected chi connectivity index (χ3v) is 2.33. The molecular weight excluding hydrogens is 270 g/mol. The molecule has 0 saturated heterocycles. The van der Waals surface area contributed by atoms with Gasteiger partial charge in [-0.2, -0.15) is 0 Å². The maximum atomic E-state index is 11.6. The van der Waals surface area contributed by atoms with Crippen molar-refractivity contribution >= 4 is 23.7 Å². The van der Waals surface area contributed by atoms with Crippen LogP contribution in [0.5, 0.6) is 0 Å². The second kappa shape index (κ2) is 5.93. The number of alkyl carbamates (subject to hydrolysis) is 1. The van der Waals surface area contributed by atoms with Gasteiger partial charge in [0, 0.05) is 5.02 Å². The Morgan fingerprint density at radius 2 is 2.00 bits per heavy atom. The molecule has 1 rings (SSSR count). The highest BCUT2D eigenvalue weighted by Gasteiger charge is 2.25. The molecule has 0 aliphatic rings. The van der Waals surface area contributed by atoms with Crippen molar-refractivity contribution in [2.45, 2.75) is 32.4 Å². The number of hydrogen-bond donors (Lipinski definition) is 2. The number of ether oxygens (including phenoxy) is 1. The second-order valence-electron chi connectivity index (χ2n) is 4.97. The van der Waals surface area contributed by atoms with E-state index in [9.17, 15) is 9.59 Å². The SMILES string of the molecule is CC(C)(C)OC(=O)N[C@H](C(=O)O)c1cccc(Cl)c1. The van der Waals surface area contributed by atoms with E-state index in [1.807, 2.05) is 0 Å². The quantitative estimate of drug-likeness (QED) is 0.895. The Morgan fingerprint density at radius 3 is 2.47 bits per heavy atom. The van der Waals surface area contributed by atoms with E-state index in [0.717, 1.165) is 0 Å². The minimum Gasteiger partial charge on any atom is -0.479 e. The number of amides is 1. The standard InChI is InChI=1S/C13H16ClNO4/c1-13(2,3)19-12(18)15-10(11(16)17)8-5-4-6-9(14)7-8/h4-7,10H,1-3H3,(H,15,18)(H,16,17)/t10-/m0/s1. The number of benzene rings is 1. The molecule has 1 atom stereocenters. The van der Waals surface area contributed by atoms with Crippen molar-refractivity contribution in [3.63, 3.8) is 0 Å². The van der Waals surface area contributed by atoms with Crippen molar-refractivity contribution in [3.8, 4) is 0 Å². The van der Waals surface area contributed by atoms with Crippen LogP contribution in [-0.2, 0) is 9.53 Å². The van der Waals surface area contributed by atoms with E-state index in [4.69, 9.17) is 21.4 Å². The molecule has 2 N–H and O–H groups in total. The fourth-order valence-corrected chi connectivity index (χ4v) is 1.60. The highest BCUT2D eigenvalue weighted by molar-refractivity contribution is 6.30. The molecule has 0 bridgehead atoms. The summed E-state index contributed by atoms with van der Waals surface area (Å²) in [6.45, 7) is 5.09. The van der Waals surface area contributed by atoms with Crippen LogP contribution in [0.25, 0.3) is 0 Å². The summed E-state index contributed by atoms with van der Waals surface area (Å²) in [5.41, 5.74) is -0.313. The molecule has 1 aromatic rings. The maximum Gasteiger partial charge on any atom is 0.408 e. The lowest BCUT2D eigenvalue weighted by Crippen LogP contribution is -2.38. The molecule has 0 radical (unpaired) electrons. The van der Waals surface area contributed by atoms with Gasteiger partial charge in [-0.3, -0.25) is 0 Å². The first-order valence-corrected chi connectivity index (χ1v) is 6.04. The summed E-state index contributed by atoms with van der Waals surface area (Å²) >= 11 is 5.80. The predicted molar refractivity (Wildman–Crippen MR) is 71.2 cm³/mol. The molecule has 1 amide bonds. The van der Waals surface area contributed by atoms with Gasteiger partial charge >= 0.3 is 12.1 Å². The van der Waals surface area contributed by atoms with Crippen LogP contribution in [0.1, 0.15) is 32.4 Å². The summed E-state index contributed by atoms with van der Waals surface area (Å²) in [6.07, 6.45) is -0.792. The number of halogens is 1. The van der Waals surface area contributed by atoms with Crippen LogP contribution in [0.2, 0.25) is 5.02 Å². The van der Waals surface area contributed by atoms with Crippen LogP contribution in [0.4, 0.5) is 4.79 Å². The van der Waals surface area contributed by atoms with E-state index in [0.29, 0.717) is 10.6 Å². The number of carboxylic acids is 1. The van der Waals surface area contributed by atoms with Crippen LogP contribution >= 0.6 is 11.6 Å². The molecule has 0 fully saturated rings. The largest absolute Gasteiger partial charge is 0.479 e. The highest BCUT2D eigenvalue weighted by Crippen LogP contribution is 2.19. The molecule has 5 nitrogen and oxygen atoms in total. The molecule has 1 aromatic carbocycles. The van der Waals surface area contributed by atoms with Gasteiger partial charge in [0.1, 0.15) is 5.60 Å². The van der Waals surface area contributed by atoms with Gasteiger partial charge in [0.2, 0.25) is 0 Å². The summed E-state index contributed by atoms with van der Waals surface area (Å²) in [6, 6.07) is 5.09. The van der Waals surface area contributed by atoms with Crippen molar-refractivity contribution < 1.29 is 19.4 Å². The number of hydrogen-bond acceptors (Lipinski definition) is 3. The molecule has 0 unspecified atom stereocenters. The minimum atomic E-state index is -1.20. The van der Waals surface area contributed by atoms with Gasteiger partial charge < -0.3 is 15.2 Å². The van der Waals surface area contributed by atoms with Crippen LogP contribution in [0.3, 0.4) is 0 Å². The maximum absolute atomic E-state index is 11.6. The van der Waals surface area contributed by atoms with E-state index in [1.165, 1.54) is 6.07 Å². The van der Waals surface area contributed by atoms with Gasteiger partial charge in [0.25, 0.3) is 0 Å². The summed E-state index contributed by atoms with van der Waals surface area (Å²) in [5.74, 6) is -1.19. The first-order chi connectivity index (χ1) is 8.69. The molecule has 0 aliphatic heterocycles. The fourth-order valence-electron chi connectivity index (χ4n) is 1.40. The first-order valence-electron chi connectivity index (χ1n) is 5.67. The van der Waals surface area contributed by atoms with Gasteiger partial charge in [-0.15, -0.1) is 0 Å². The summed E-state index contributed by atoms with van der Waals surface area (Å²) in [4.78, 5) is 22.8. The first kappa shape index (κ1) is 15.3. The number of rotatable bonds is 3. The molecule has 0 spiro atoms. The minimum absolute atomic E-state index is 0.380. The van der Waals surface area contributed by atoms with E-state index >= 15 is 0 Å². The average Bonchev–Trinajstić information content (AvgIpc) is 2.23. The van der Waals surface area contributed by atoms with E-state index in [1.54, 1.807) is 39.0 Å². The molecule has 0 saturated carbocycles. The number of nitrogens with one attached hydrogen (secondary N) is 1. The lowest BCUT2D eigenvalue weighted by molar-refractivity contribution is -0.139. The van der Waals surface area contributed by atoms with Crippen LogP contribution < -0.4 is 5.32 Å². The van der Waals surface area contributed by atoms with Crippen LogP contribution in [0.15, 0.2) is 24.3 Å². The van der Waals surface area contributed by atoms with Crippen molar-refractivity contribution in [1.82, 2.24) is 5.32 Å². The Balaban J connectivity index is 2.85. The van der Waals surface area contributed by atoms with Crippen molar-refractivity contribution in [3.05, 3.63) is 34.9 Å². The lowest BCUT2D eigenvalue weighted by atomic mass is 10.1. The summed E-state index contributed by atoms with van der Waals surface area (Å²) < 4.78 is 5.02. The second-order valence-corrected chi connectivity index (χ2v) is 5.41. The zero-order valence-electron chi connectivity index (χ0n) is 10.9. The molecule has 104 valence electrons. The third kappa shape index (κ3) is 5.18. The summed E-state index contributed by atoms with van der Waals surface area (Å²) in [7, 11) is 0. The predicted octanol–water partition coefficient (Wildman–Crippen LogP) is 2.99. The lowest BCUT2D eigenvalue weighted by Gasteiger charge is -2.22. The number of aliphatic carboxylic acids is 1. The monoisotopic (exact) mass is 285 g/mol. The van der Waals surface area contributed by atoms with Gasteiger partial charge in [-0.1, -0.05) is 23.7 Å². The Morgan fingerprint density at radius 1 is 1.37 bits per heavy atom. The smallest absolute Gasteiger partial charge is 0.408 e. The molecule has 19 heavy (non-hydrogen) atoms. The van der Waals surface area contributed by atoms with Gasteiger partial charge in [0.05, 0.1) is 0 Å². The van der Waals surface area contributed by atoms with E-state index < -0.39 is 23.7 Å². The Hall–Kier alpha value is -1.75. The van der Waals surface area contributed by atoms with Crippen molar-refractivity contribution in [2.24, 2.45) is 0 Å². The van der Waals surface area contributed by atoms with Crippen molar-refractivity contribution in [2.75, 3.05) is 0 Å². The molecule has 0 aliphatic carbocycles. The molecular formula is C13H16ClNO4. The Bertz CT molecular complexity index is 482. The topological polar surface area (TPSA) is 75.6 Å². The third-order valence-electron chi connectivity index (χ3n) is 2.09. The highest BCUT2D eigenvalue weighted by atomic mass is 35.5. The fraction of sp³-hybridized carbons (Fsp3) is 0.385. The number of carbonyl (C=O) groups excluding carboxylic acids is 1. The van der Waals surface area contributed by atoms with Crippen molar-refractivity contribution in [1.29, 1.82) is 0 Å². The van der Waals surface area contributed by atoms with Gasteiger partial charge in [0.15, 0.2) is 6.04 Å². The zero-order chi connectivity index (χ0) is 14.6. The number of carbonyl (C=O) groups is 2. The molecule has 0 aromatic heterocycles. The van der Waals surface area contributed by atoms with Crippen LogP contribution in [-0.4, -0.2) is 22.8 Å². The Kier molecular flexibility index (Phi) is 4.78. The van der Waals surface area contributed by atoms with E-state index in [-0.39, 0.29) is 0 Å². The van der Waals surface area contributed by atoms with Gasteiger partial charge in [-0.25, -0.2) is 9.59 Å². The Labute approximate surface area is 116 Å². The zero-order valence-corrected chi connectivity index (χ0v) is 11.7. The molecule has 0 heterocycles. The normalized spacial score (nSPS) is 12.6. The number of carboxylic acid groups (broad SMARTS) is 1. The molecule has 6 heteroatoms.